The first kappa shape index (κ1) is 11.0. The minimum Gasteiger partial charge on any atom is -0.350 e. The lowest BCUT2D eigenvalue weighted by Crippen LogP contribution is -2.27. The highest BCUT2D eigenvalue weighted by Gasteiger charge is 2.26. The Balaban J connectivity index is 2.05. The Hall–Kier alpha value is -1.55. The van der Waals surface area contributed by atoms with Crippen LogP contribution in [0.25, 0.3) is 10.4 Å². The van der Waals surface area contributed by atoms with Crippen molar-refractivity contribution in [1.82, 2.24) is 0 Å². The molecule has 0 amide bonds. The van der Waals surface area contributed by atoms with Gasteiger partial charge in [-0.05, 0) is 17.5 Å². The molecule has 0 unspecified atom stereocenters. The summed E-state index contributed by atoms with van der Waals surface area (Å²) in [4.78, 5) is 2.84. The van der Waals surface area contributed by atoms with Crippen LogP contribution >= 0.6 is 0 Å². The van der Waals surface area contributed by atoms with Crippen LogP contribution in [-0.2, 0) is 15.9 Å². The summed E-state index contributed by atoms with van der Waals surface area (Å²) in [7, 11) is 0. The van der Waals surface area contributed by atoms with Gasteiger partial charge in [-0.15, -0.1) is 0 Å². The zero-order valence-electron chi connectivity index (χ0n) is 8.82. The van der Waals surface area contributed by atoms with Crippen LogP contribution < -0.4 is 0 Å². The molecule has 84 valence electrons. The molecule has 5 heteroatoms. The number of ether oxygens (including phenoxy) is 2. The Labute approximate surface area is 93.6 Å². The molecule has 1 aliphatic rings. The van der Waals surface area contributed by atoms with Gasteiger partial charge in [-0.1, -0.05) is 35.4 Å². The van der Waals surface area contributed by atoms with Gasteiger partial charge in [-0.2, -0.15) is 0 Å². The first-order valence-corrected chi connectivity index (χ1v) is 5.21. The Bertz CT molecular complexity index is 370. The molecule has 1 aromatic carbocycles. The normalized spacial score (nSPS) is 18.0. The Morgan fingerprint density at radius 2 is 2.00 bits per heavy atom. The van der Waals surface area contributed by atoms with Crippen LogP contribution in [0.3, 0.4) is 0 Å². The average Bonchev–Trinajstić information content (AvgIpc) is 2.83. The Morgan fingerprint density at radius 3 is 2.62 bits per heavy atom. The fraction of sp³-hybridized carbons (Fsp3) is 0.455. The summed E-state index contributed by atoms with van der Waals surface area (Å²) in [5, 5.41) is 3.73. The SMILES string of the molecule is [N-]=[N+]=N[C@@H](Cc1ccccc1)C1OCCO1. The van der Waals surface area contributed by atoms with Gasteiger partial charge in [0.1, 0.15) is 0 Å². The molecular formula is C11H13N3O2. The van der Waals surface area contributed by atoms with Gasteiger partial charge < -0.3 is 9.47 Å². The number of hydrogen-bond donors (Lipinski definition) is 0. The van der Waals surface area contributed by atoms with Crippen molar-refractivity contribution < 1.29 is 9.47 Å². The highest BCUT2D eigenvalue weighted by molar-refractivity contribution is 5.16. The molecule has 1 fully saturated rings. The Kier molecular flexibility index (Phi) is 3.77. The summed E-state index contributed by atoms with van der Waals surface area (Å²) >= 11 is 0. The van der Waals surface area contributed by atoms with Gasteiger partial charge in [0.15, 0.2) is 6.29 Å². The van der Waals surface area contributed by atoms with Crippen LogP contribution in [-0.4, -0.2) is 25.5 Å². The van der Waals surface area contributed by atoms with Gasteiger partial charge in [0.25, 0.3) is 0 Å². The van der Waals surface area contributed by atoms with E-state index in [0.29, 0.717) is 19.6 Å². The lowest BCUT2D eigenvalue weighted by molar-refractivity contribution is -0.0584. The van der Waals surface area contributed by atoms with E-state index in [9.17, 15) is 0 Å². The van der Waals surface area contributed by atoms with Gasteiger partial charge >= 0.3 is 0 Å². The summed E-state index contributed by atoms with van der Waals surface area (Å²) in [6.45, 7) is 1.13. The molecule has 1 saturated heterocycles. The molecule has 0 aliphatic carbocycles. The van der Waals surface area contributed by atoms with Crippen molar-refractivity contribution in [3.63, 3.8) is 0 Å². The number of benzene rings is 1. The van der Waals surface area contributed by atoms with E-state index < -0.39 is 6.29 Å². The summed E-state index contributed by atoms with van der Waals surface area (Å²) in [6.07, 6.45) is 0.228. The second-order valence-corrected chi connectivity index (χ2v) is 3.57. The summed E-state index contributed by atoms with van der Waals surface area (Å²) < 4.78 is 10.7. The molecular weight excluding hydrogens is 206 g/mol. The molecule has 0 spiro atoms. The van der Waals surface area contributed by atoms with Crippen LogP contribution in [0.2, 0.25) is 0 Å². The molecule has 1 aromatic rings. The van der Waals surface area contributed by atoms with Gasteiger partial charge in [0.05, 0.1) is 19.3 Å². The standard InChI is InChI=1S/C11H13N3O2/c12-14-13-10(11-15-6-7-16-11)8-9-4-2-1-3-5-9/h1-5,10-11H,6-8H2/t10-/m0/s1. The topological polar surface area (TPSA) is 67.2 Å². The minimum atomic E-state index is -0.406. The van der Waals surface area contributed by atoms with Gasteiger partial charge in [0, 0.05) is 4.91 Å². The molecule has 0 bridgehead atoms. The van der Waals surface area contributed by atoms with E-state index in [1.165, 1.54) is 0 Å². The van der Waals surface area contributed by atoms with Crippen molar-refractivity contribution in [2.75, 3.05) is 13.2 Å². The van der Waals surface area contributed by atoms with E-state index in [1.54, 1.807) is 0 Å². The molecule has 5 nitrogen and oxygen atoms in total. The fourth-order valence-electron chi connectivity index (χ4n) is 1.71. The molecule has 1 heterocycles. The van der Waals surface area contributed by atoms with Crippen LogP contribution in [0.1, 0.15) is 5.56 Å². The number of azide groups is 1. The molecule has 1 aliphatic heterocycles. The molecule has 0 saturated carbocycles. The third kappa shape index (κ3) is 2.73. The van der Waals surface area contributed by atoms with Gasteiger partial charge in [-0.3, -0.25) is 0 Å². The summed E-state index contributed by atoms with van der Waals surface area (Å²) in [5.74, 6) is 0. The minimum absolute atomic E-state index is 0.296. The van der Waals surface area contributed by atoms with Crippen LogP contribution in [0.5, 0.6) is 0 Å². The van der Waals surface area contributed by atoms with E-state index in [0.717, 1.165) is 5.56 Å². The lowest BCUT2D eigenvalue weighted by Gasteiger charge is -2.17. The smallest absolute Gasteiger partial charge is 0.166 e. The van der Waals surface area contributed by atoms with Gasteiger partial charge in [-0.25, -0.2) is 0 Å². The maximum Gasteiger partial charge on any atom is 0.166 e. The number of hydrogen-bond acceptors (Lipinski definition) is 3. The third-order valence-corrected chi connectivity index (χ3v) is 2.45. The summed E-state index contributed by atoms with van der Waals surface area (Å²) in [5.41, 5.74) is 9.63. The zero-order valence-corrected chi connectivity index (χ0v) is 8.82. The van der Waals surface area contributed by atoms with Crippen molar-refractivity contribution in [2.45, 2.75) is 18.8 Å². The van der Waals surface area contributed by atoms with Crippen molar-refractivity contribution in [3.05, 3.63) is 46.3 Å². The molecule has 0 radical (unpaired) electrons. The molecule has 0 N–H and O–H groups in total. The second-order valence-electron chi connectivity index (χ2n) is 3.57. The monoisotopic (exact) mass is 219 g/mol. The number of rotatable bonds is 4. The molecule has 2 rings (SSSR count). The zero-order chi connectivity index (χ0) is 11.2. The van der Waals surface area contributed by atoms with Crippen LogP contribution in [0, 0.1) is 0 Å². The van der Waals surface area contributed by atoms with Gasteiger partial charge in [0.2, 0.25) is 0 Å². The van der Waals surface area contributed by atoms with Crippen molar-refractivity contribution >= 4 is 0 Å². The first-order chi connectivity index (χ1) is 7.90. The quantitative estimate of drug-likeness (QED) is 0.443. The van der Waals surface area contributed by atoms with Crippen LogP contribution in [0.15, 0.2) is 35.4 Å². The maximum atomic E-state index is 8.52. The lowest BCUT2D eigenvalue weighted by atomic mass is 10.1. The average molecular weight is 219 g/mol. The second kappa shape index (κ2) is 5.51. The highest BCUT2D eigenvalue weighted by atomic mass is 16.7. The van der Waals surface area contributed by atoms with Crippen molar-refractivity contribution in [3.8, 4) is 0 Å². The molecule has 1 atom stereocenters. The number of nitrogens with zero attached hydrogens (tertiary/aromatic N) is 3. The molecule has 16 heavy (non-hydrogen) atoms. The van der Waals surface area contributed by atoms with Crippen molar-refractivity contribution in [1.29, 1.82) is 0 Å². The van der Waals surface area contributed by atoms with E-state index in [1.807, 2.05) is 30.3 Å². The van der Waals surface area contributed by atoms with E-state index >= 15 is 0 Å². The van der Waals surface area contributed by atoms with Crippen molar-refractivity contribution in [2.24, 2.45) is 5.11 Å². The largest absolute Gasteiger partial charge is 0.350 e. The highest BCUT2D eigenvalue weighted by Crippen LogP contribution is 2.16. The fourth-order valence-corrected chi connectivity index (χ4v) is 1.71. The first-order valence-electron chi connectivity index (χ1n) is 5.21. The predicted molar refractivity (Wildman–Crippen MR) is 58.8 cm³/mol. The Morgan fingerprint density at radius 1 is 1.31 bits per heavy atom. The predicted octanol–water partition coefficient (Wildman–Crippen LogP) is 2.28. The van der Waals surface area contributed by atoms with E-state index in [-0.39, 0.29) is 6.04 Å². The van der Waals surface area contributed by atoms with E-state index in [2.05, 4.69) is 10.0 Å². The summed E-state index contributed by atoms with van der Waals surface area (Å²) in [6, 6.07) is 9.56. The third-order valence-electron chi connectivity index (χ3n) is 2.45. The van der Waals surface area contributed by atoms with E-state index in [4.69, 9.17) is 15.0 Å². The van der Waals surface area contributed by atoms with Crippen LogP contribution in [0.4, 0.5) is 0 Å². The molecule has 0 aromatic heterocycles. The maximum absolute atomic E-state index is 8.52.